The summed E-state index contributed by atoms with van der Waals surface area (Å²) in [5.74, 6) is 0.658. The molecule has 3 rings (SSSR count). The number of benzene rings is 1. The van der Waals surface area contributed by atoms with Gasteiger partial charge in [-0.25, -0.2) is 19.2 Å². The Morgan fingerprint density at radius 3 is 2.84 bits per heavy atom. The van der Waals surface area contributed by atoms with Crippen LogP contribution in [0.3, 0.4) is 0 Å². The Bertz CT molecular complexity index is 742. The van der Waals surface area contributed by atoms with E-state index in [9.17, 15) is 4.21 Å². The first-order chi connectivity index (χ1) is 9.22. The molecule has 7 heteroatoms. The van der Waals surface area contributed by atoms with E-state index >= 15 is 0 Å². The van der Waals surface area contributed by atoms with E-state index in [1.54, 1.807) is 36.7 Å². The van der Waals surface area contributed by atoms with Crippen molar-refractivity contribution in [2.24, 2.45) is 0 Å². The van der Waals surface area contributed by atoms with Crippen LogP contribution >= 0.6 is 0 Å². The monoisotopic (exact) mass is 274 g/mol. The summed E-state index contributed by atoms with van der Waals surface area (Å²) in [4.78, 5) is 12.2. The smallest absolute Gasteiger partial charge is 0.288 e. The molecule has 0 aliphatic carbocycles. The number of anilines is 1. The Kier molecular flexibility index (Phi) is 2.96. The van der Waals surface area contributed by atoms with E-state index in [0.717, 1.165) is 0 Å². The van der Waals surface area contributed by atoms with Gasteiger partial charge in [0.05, 0.1) is 5.75 Å². The molecule has 96 valence electrons. The van der Waals surface area contributed by atoms with E-state index in [1.165, 1.54) is 0 Å². The molecule has 2 aromatic heterocycles. The molecule has 0 aliphatic heterocycles. The Balaban J connectivity index is 1.89. The number of hydrogen-bond donors (Lipinski definition) is 1. The summed E-state index contributed by atoms with van der Waals surface area (Å²) in [5.41, 5.74) is 7.40. The summed E-state index contributed by atoms with van der Waals surface area (Å²) in [6.07, 6.45) is 3.21. The predicted octanol–water partition coefficient (Wildman–Crippen LogP) is 1.51. The average molecular weight is 274 g/mol. The van der Waals surface area contributed by atoms with Crippen LogP contribution in [0.2, 0.25) is 0 Å². The number of aromatic nitrogens is 3. The molecule has 0 fully saturated rings. The fourth-order valence-electron chi connectivity index (χ4n) is 1.60. The normalized spacial score (nSPS) is 12.6. The average Bonchev–Trinajstić information content (AvgIpc) is 2.83. The number of oxazole rings is 1. The van der Waals surface area contributed by atoms with Gasteiger partial charge in [-0.3, -0.25) is 0 Å². The number of rotatable bonds is 3. The van der Waals surface area contributed by atoms with Gasteiger partial charge >= 0.3 is 0 Å². The molecule has 0 bridgehead atoms. The predicted molar refractivity (Wildman–Crippen MR) is 70.6 cm³/mol. The van der Waals surface area contributed by atoms with E-state index in [-0.39, 0.29) is 11.0 Å². The number of hydrogen-bond acceptors (Lipinski definition) is 6. The van der Waals surface area contributed by atoms with Crippen LogP contribution in [-0.2, 0) is 16.6 Å². The summed E-state index contributed by atoms with van der Waals surface area (Å²) in [7, 11) is -1.42. The molecule has 0 amide bonds. The van der Waals surface area contributed by atoms with E-state index in [0.29, 0.717) is 22.6 Å². The van der Waals surface area contributed by atoms with Crippen LogP contribution in [0.15, 0.2) is 46.3 Å². The molecule has 3 aromatic rings. The second-order valence-corrected chi connectivity index (χ2v) is 5.19. The number of nitrogens with two attached hydrogens (primary N) is 1. The van der Waals surface area contributed by atoms with Crippen LogP contribution < -0.4 is 5.73 Å². The minimum atomic E-state index is -1.42. The molecular weight excluding hydrogens is 264 g/mol. The molecule has 1 atom stereocenters. The number of nitrogens with zero attached hydrogens (tertiary/aromatic N) is 3. The molecule has 0 aliphatic rings. The van der Waals surface area contributed by atoms with Gasteiger partial charge in [-0.1, -0.05) is 0 Å². The second-order valence-electron chi connectivity index (χ2n) is 3.86. The molecular formula is C12H10N4O2S. The van der Waals surface area contributed by atoms with E-state index in [2.05, 4.69) is 15.0 Å². The zero-order chi connectivity index (χ0) is 13.2. The Labute approximate surface area is 111 Å². The highest BCUT2D eigenvalue weighted by atomic mass is 32.2. The first kappa shape index (κ1) is 11.8. The largest absolute Gasteiger partial charge is 0.430 e. The lowest BCUT2D eigenvalue weighted by Gasteiger charge is -1.95. The molecule has 19 heavy (non-hydrogen) atoms. The molecule has 2 heterocycles. The lowest BCUT2D eigenvalue weighted by molar-refractivity contribution is 0.477. The van der Waals surface area contributed by atoms with Crippen molar-refractivity contribution in [2.45, 2.75) is 11.0 Å². The van der Waals surface area contributed by atoms with Gasteiger partial charge in [0.15, 0.2) is 5.58 Å². The fraction of sp³-hybridized carbons (Fsp3) is 0.0833. The van der Waals surface area contributed by atoms with Crippen molar-refractivity contribution in [1.82, 2.24) is 15.0 Å². The van der Waals surface area contributed by atoms with E-state index in [1.807, 2.05) is 0 Å². The summed E-state index contributed by atoms with van der Waals surface area (Å²) in [6.45, 7) is 0. The minimum Gasteiger partial charge on any atom is -0.430 e. The van der Waals surface area contributed by atoms with Crippen LogP contribution in [0.1, 0.15) is 5.82 Å². The molecule has 2 N–H and O–H groups in total. The van der Waals surface area contributed by atoms with Gasteiger partial charge in [-0.2, -0.15) is 0 Å². The topological polar surface area (TPSA) is 94.9 Å². The minimum absolute atomic E-state index is 0.160. The maximum atomic E-state index is 12.1. The van der Waals surface area contributed by atoms with Crippen LogP contribution in [0.4, 0.5) is 5.69 Å². The van der Waals surface area contributed by atoms with Crippen molar-refractivity contribution >= 4 is 27.6 Å². The zero-order valence-electron chi connectivity index (χ0n) is 9.81. The number of fused-ring (bicyclic) bond motifs is 1. The fourth-order valence-corrected chi connectivity index (χ4v) is 2.49. The van der Waals surface area contributed by atoms with Gasteiger partial charge in [0.1, 0.15) is 22.1 Å². The van der Waals surface area contributed by atoms with Crippen molar-refractivity contribution in [3.05, 3.63) is 42.5 Å². The molecule has 1 aromatic carbocycles. The van der Waals surface area contributed by atoms with Crippen LogP contribution in [0.25, 0.3) is 11.1 Å². The van der Waals surface area contributed by atoms with Crippen molar-refractivity contribution in [2.75, 3.05) is 5.73 Å². The van der Waals surface area contributed by atoms with Gasteiger partial charge in [-0.15, -0.1) is 0 Å². The standard InChI is InChI=1S/C12H10N4O2S/c13-8-2-3-10-9(6-8)16-12(18-10)19(17)7-11-14-4-1-5-15-11/h1-6H,7,13H2. The third kappa shape index (κ3) is 2.45. The van der Waals surface area contributed by atoms with Crippen molar-refractivity contribution < 1.29 is 8.63 Å². The third-order valence-corrected chi connectivity index (χ3v) is 3.55. The van der Waals surface area contributed by atoms with Crippen LogP contribution in [0.5, 0.6) is 0 Å². The maximum absolute atomic E-state index is 12.1. The third-order valence-electron chi connectivity index (χ3n) is 2.47. The van der Waals surface area contributed by atoms with Gasteiger partial charge in [-0.05, 0) is 24.3 Å². The molecule has 0 saturated carbocycles. The Hall–Kier alpha value is -2.28. The van der Waals surface area contributed by atoms with Crippen molar-refractivity contribution in [3.8, 4) is 0 Å². The summed E-state index contributed by atoms with van der Waals surface area (Å²) < 4.78 is 17.5. The Morgan fingerprint density at radius 2 is 2.05 bits per heavy atom. The molecule has 0 radical (unpaired) electrons. The maximum Gasteiger partial charge on any atom is 0.288 e. The van der Waals surface area contributed by atoms with Gasteiger partial charge < -0.3 is 10.2 Å². The highest BCUT2D eigenvalue weighted by Crippen LogP contribution is 2.20. The quantitative estimate of drug-likeness (QED) is 0.727. The lowest BCUT2D eigenvalue weighted by atomic mass is 10.3. The van der Waals surface area contributed by atoms with Gasteiger partial charge in [0, 0.05) is 18.1 Å². The van der Waals surface area contributed by atoms with Gasteiger partial charge in [0.2, 0.25) is 0 Å². The first-order valence-electron chi connectivity index (χ1n) is 5.53. The van der Waals surface area contributed by atoms with Crippen LogP contribution in [0, 0.1) is 0 Å². The molecule has 6 nitrogen and oxygen atoms in total. The molecule has 1 unspecified atom stereocenters. The number of nitrogen functional groups attached to an aromatic ring is 1. The summed E-state index contributed by atoms with van der Waals surface area (Å²) in [6, 6.07) is 6.80. The highest BCUT2D eigenvalue weighted by Gasteiger charge is 2.14. The SMILES string of the molecule is Nc1ccc2oc(S(=O)Cc3ncccn3)nc2c1. The second kappa shape index (κ2) is 4.77. The Morgan fingerprint density at radius 1 is 1.26 bits per heavy atom. The van der Waals surface area contributed by atoms with Crippen molar-refractivity contribution in [3.63, 3.8) is 0 Å². The van der Waals surface area contributed by atoms with Crippen molar-refractivity contribution in [1.29, 1.82) is 0 Å². The lowest BCUT2D eigenvalue weighted by Crippen LogP contribution is -2.00. The highest BCUT2D eigenvalue weighted by molar-refractivity contribution is 7.84. The zero-order valence-corrected chi connectivity index (χ0v) is 10.6. The van der Waals surface area contributed by atoms with E-state index in [4.69, 9.17) is 10.2 Å². The summed E-state index contributed by atoms with van der Waals surface area (Å²) >= 11 is 0. The summed E-state index contributed by atoms with van der Waals surface area (Å²) in [5, 5.41) is 0.160. The van der Waals surface area contributed by atoms with E-state index < -0.39 is 10.8 Å². The van der Waals surface area contributed by atoms with Gasteiger partial charge in [0.25, 0.3) is 5.22 Å². The molecule has 0 spiro atoms. The van der Waals surface area contributed by atoms with Crippen LogP contribution in [-0.4, -0.2) is 19.2 Å². The first-order valence-corrected chi connectivity index (χ1v) is 6.84. The molecule has 0 saturated heterocycles.